The van der Waals surface area contributed by atoms with Crippen LogP contribution in [0.4, 0.5) is 10.5 Å². The molecule has 2 amide bonds. The fourth-order valence-electron chi connectivity index (χ4n) is 3.78. The van der Waals surface area contributed by atoms with Crippen molar-refractivity contribution in [1.29, 1.82) is 0 Å². The minimum Gasteiger partial charge on any atom is -0.392 e. The van der Waals surface area contributed by atoms with Crippen molar-refractivity contribution in [3.63, 3.8) is 0 Å². The third kappa shape index (κ3) is 3.08. The number of anilines is 1. The molecule has 5 nitrogen and oxygen atoms in total. The molecular formula is C18H26N2O3. The summed E-state index contributed by atoms with van der Waals surface area (Å²) in [6.45, 7) is 6.02. The summed E-state index contributed by atoms with van der Waals surface area (Å²) >= 11 is 0. The number of carbonyl (C=O) groups excluding carboxylic acids is 1. The number of likely N-dealkylation sites (tertiary alicyclic amines) is 1. The van der Waals surface area contributed by atoms with E-state index >= 15 is 0 Å². The molecule has 1 saturated heterocycles. The minimum atomic E-state index is -0.290. The Morgan fingerprint density at radius 3 is 2.57 bits per heavy atom. The Kier molecular flexibility index (Phi) is 4.60. The first-order valence-electron chi connectivity index (χ1n) is 8.47. The number of hydrogen-bond donors (Lipinski definition) is 2. The van der Waals surface area contributed by atoms with Gasteiger partial charge in [-0.05, 0) is 38.8 Å². The van der Waals surface area contributed by atoms with Gasteiger partial charge in [0.05, 0.1) is 12.2 Å². The summed E-state index contributed by atoms with van der Waals surface area (Å²) < 4.78 is 5.77. The lowest BCUT2D eigenvalue weighted by atomic mass is 9.58. The van der Waals surface area contributed by atoms with E-state index in [-0.39, 0.29) is 23.7 Å². The molecule has 1 heterocycles. The molecule has 126 valence electrons. The van der Waals surface area contributed by atoms with Gasteiger partial charge in [-0.3, -0.25) is 0 Å². The number of aliphatic hydroxyl groups is 1. The molecule has 0 radical (unpaired) electrons. The van der Waals surface area contributed by atoms with Gasteiger partial charge in [-0.25, -0.2) is 4.79 Å². The highest BCUT2D eigenvalue weighted by Crippen LogP contribution is 2.50. The molecular weight excluding hydrogens is 292 g/mol. The van der Waals surface area contributed by atoms with Gasteiger partial charge in [0.1, 0.15) is 0 Å². The van der Waals surface area contributed by atoms with Gasteiger partial charge in [0.2, 0.25) is 0 Å². The molecule has 0 aromatic heterocycles. The maximum absolute atomic E-state index is 12.4. The number of aliphatic hydroxyl groups excluding tert-OH is 1. The highest BCUT2D eigenvalue weighted by molar-refractivity contribution is 5.89. The third-order valence-electron chi connectivity index (χ3n) is 5.39. The van der Waals surface area contributed by atoms with Crippen LogP contribution in [0.1, 0.15) is 31.7 Å². The smallest absolute Gasteiger partial charge is 0.321 e. The Balaban J connectivity index is 1.56. The monoisotopic (exact) mass is 318 g/mol. The zero-order valence-corrected chi connectivity index (χ0v) is 13.9. The van der Waals surface area contributed by atoms with Crippen LogP contribution in [0.15, 0.2) is 24.3 Å². The average Bonchev–Trinajstić information content (AvgIpc) is 2.57. The second kappa shape index (κ2) is 6.49. The van der Waals surface area contributed by atoms with E-state index in [0.717, 1.165) is 24.9 Å². The number of nitrogens with one attached hydrogen (secondary N) is 1. The molecule has 0 bridgehead atoms. The van der Waals surface area contributed by atoms with Crippen LogP contribution in [-0.2, 0) is 4.74 Å². The number of aryl methyl sites for hydroxylation is 1. The summed E-state index contributed by atoms with van der Waals surface area (Å²) in [6.07, 6.45) is 2.19. The summed E-state index contributed by atoms with van der Waals surface area (Å²) in [4.78, 5) is 14.2. The summed E-state index contributed by atoms with van der Waals surface area (Å²) in [6, 6.07) is 7.74. The number of piperidine rings is 1. The van der Waals surface area contributed by atoms with E-state index in [1.165, 1.54) is 5.56 Å². The molecule has 3 rings (SSSR count). The van der Waals surface area contributed by atoms with Crippen molar-refractivity contribution >= 4 is 11.7 Å². The predicted octanol–water partition coefficient (Wildman–Crippen LogP) is 2.78. The first-order chi connectivity index (χ1) is 11.0. The standard InChI is InChI=1S/C18H26N2O3/c1-3-23-16-12-15(21)18(16)8-10-20(11-9-18)17(22)19-14-6-4-13(2)5-7-14/h4-7,15-16,21H,3,8-12H2,1-2H3,(H,19,22). The molecule has 2 aliphatic rings. The number of rotatable bonds is 3. The molecule has 2 fully saturated rings. The van der Waals surface area contributed by atoms with Gasteiger partial charge in [0.15, 0.2) is 0 Å². The topological polar surface area (TPSA) is 61.8 Å². The normalized spacial score (nSPS) is 26.0. The van der Waals surface area contributed by atoms with Gasteiger partial charge >= 0.3 is 6.03 Å². The molecule has 2 atom stereocenters. The second-order valence-electron chi connectivity index (χ2n) is 6.71. The number of ether oxygens (including phenoxy) is 1. The number of hydrogen-bond acceptors (Lipinski definition) is 3. The van der Waals surface area contributed by atoms with E-state index in [1.54, 1.807) is 0 Å². The fraction of sp³-hybridized carbons (Fsp3) is 0.611. The largest absolute Gasteiger partial charge is 0.392 e. The highest BCUT2D eigenvalue weighted by Gasteiger charge is 2.56. The van der Waals surface area contributed by atoms with Gasteiger partial charge in [-0.1, -0.05) is 17.7 Å². The van der Waals surface area contributed by atoms with Crippen LogP contribution in [0.2, 0.25) is 0 Å². The summed E-state index contributed by atoms with van der Waals surface area (Å²) in [5.41, 5.74) is 1.84. The Labute approximate surface area is 137 Å². The Morgan fingerprint density at radius 1 is 1.35 bits per heavy atom. The SMILES string of the molecule is CCOC1CC(O)C12CCN(C(=O)Nc1ccc(C)cc1)CC2. The molecule has 2 N–H and O–H groups in total. The summed E-state index contributed by atoms with van der Waals surface area (Å²) in [7, 11) is 0. The number of benzene rings is 1. The van der Waals surface area contributed by atoms with Gasteiger partial charge in [0, 0.05) is 37.2 Å². The van der Waals surface area contributed by atoms with Crippen molar-refractivity contribution < 1.29 is 14.6 Å². The average molecular weight is 318 g/mol. The lowest BCUT2D eigenvalue weighted by Crippen LogP contribution is -2.63. The molecule has 1 aliphatic carbocycles. The molecule has 2 unspecified atom stereocenters. The Bertz CT molecular complexity index is 548. The van der Waals surface area contributed by atoms with Crippen LogP contribution in [0.5, 0.6) is 0 Å². The summed E-state index contributed by atoms with van der Waals surface area (Å²) in [5.74, 6) is 0. The Hall–Kier alpha value is -1.59. The zero-order chi connectivity index (χ0) is 16.4. The van der Waals surface area contributed by atoms with Crippen molar-refractivity contribution in [2.24, 2.45) is 5.41 Å². The van der Waals surface area contributed by atoms with Crippen LogP contribution in [0, 0.1) is 12.3 Å². The lowest BCUT2D eigenvalue weighted by Gasteiger charge is -2.56. The molecule has 5 heteroatoms. The fourth-order valence-corrected chi connectivity index (χ4v) is 3.78. The Morgan fingerprint density at radius 2 is 2.00 bits per heavy atom. The van der Waals surface area contributed by atoms with Crippen LogP contribution in [-0.4, -0.2) is 47.9 Å². The number of carbonyl (C=O) groups is 1. The number of nitrogens with zero attached hydrogens (tertiary/aromatic N) is 1. The van der Waals surface area contributed by atoms with Crippen LogP contribution >= 0.6 is 0 Å². The molecule has 1 saturated carbocycles. The van der Waals surface area contributed by atoms with E-state index in [9.17, 15) is 9.90 Å². The van der Waals surface area contributed by atoms with Crippen molar-refractivity contribution in [3.05, 3.63) is 29.8 Å². The first kappa shape index (κ1) is 16.3. The maximum Gasteiger partial charge on any atom is 0.321 e. The van der Waals surface area contributed by atoms with E-state index < -0.39 is 0 Å². The van der Waals surface area contributed by atoms with Crippen molar-refractivity contribution in [2.75, 3.05) is 25.0 Å². The molecule has 1 spiro atoms. The van der Waals surface area contributed by atoms with E-state index in [0.29, 0.717) is 19.7 Å². The predicted molar refractivity (Wildman–Crippen MR) is 89.5 cm³/mol. The highest BCUT2D eigenvalue weighted by atomic mass is 16.5. The molecule has 1 aromatic rings. The third-order valence-corrected chi connectivity index (χ3v) is 5.39. The summed E-state index contributed by atoms with van der Waals surface area (Å²) in [5, 5.41) is 13.2. The number of amides is 2. The quantitative estimate of drug-likeness (QED) is 0.901. The van der Waals surface area contributed by atoms with E-state index in [4.69, 9.17) is 4.74 Å². The van der Waals surface area contributed by atoms with E-state index in [2.05, 4.69) is 5.32 Å². The van der Waals surface area contributed by atoms with Gasteiger partial charge in [0.25, 0.3) is 0 Å². The molecule has 1 aliphatic heterocycles. The zero-order valence-electron chi connectivity index (χ0n) is 13.9. The van der Waals surface area contributed by atoms with Crippen molar-refractivity contribution in [1.82, 2.24) is 4.90 Å². The minimum absolute atomic E-state index is 0.0644. The lowest BCUT2D eigenvalue weighted by molar-refractivity contribution is -0.207. The van der Waals surface area contributed by atoms with Crippen molar-refractivity contribution in [3.8, 4) is 0 Å². The second-order valence-corrected chi connectivity index (χ2v) is 6.71. The van der Waals surface area contributed by atoms with Crippen LogP contribution in [0.25, 0.3) is 0 Å². The van der Waals surface area contributed by atoms with Crippen molar-refractivity contribution in [2.45, 2.75) is 45.3 Å². The maximum atomic E-state index is 12.4. The van der Waals surface area contributed by atoms with E-state index in [1.807, 2.05) is 43.0 Å². The molecule has 1 aromatic carbocycles. The van der Waals surface area contributed by atoms with Gasteiger partial charge in [-0.2, -0.15) is 0 Å². The molecule has 23 heavy (non-hydrogen) atoms. The van der Waals surface area contributed by atoms with Gasteiger partial charge < -0.3 is 20.1 Å². The van der Waals surface area contributed by atoms with Crippen LogP contribution in [0.3, 0.4) is 0 Å². The van der Waals surface area contributed by atoms with Crippen LogP contribution < -0.4 is 5.32 Å². The number of urea groups is 1. The first-order valence-corrected chi connectivity index (χ1v) is 8.47. The van der Waals surface area contributed by atoms with Gasteiger partial charge in [-0.15, -0.1) is 0 Å².